The topological polar surface area (TPSA) is 38.5 Å². The quantitative estimate of drug-likeness (QED) is 0.662. The summed E-state index contributed by atoms with van der Waals surface area (Å²) < 4.78 is 10.8. The highest BCUT2D eigenvalue weighted by atomic mass is 16.5. The van der Waals surface area contributed by atoms with Gasteiger partial charge in [-0.3, -0.25) is 9.88 Å². The smallest absolute Gasteiger partial charge is 0.0947 e. The monoisotopic (exact) mass is 288 g/mol. The molecule has 21 heavy (non-hydrogen) atoms. The van der Waals surface area contributed by atoms with E-state index in [-0.39, 0.29) is 0 Å². The molecule has 4 heteroatoms. The molecule has 114 valence electrons. The molecule has 2 heterocycles. The summed E-state index contributed by atoms with van der Waals surface area (Å²) >= 11 is 0. The van der Waals surface area contributed by atoms with Crippen molar-refractivity contribution in [1.82, 2.24) is 9.88 Å². The molecule has 0 fully saturated rings. The van der Waals surface area contributed by atoms with Gasteiger partial charge in [0.15, 0.2) is 0 Å². The van der Waals surface area contributed by atoms with Crippen LogP contribution in [0.5, 0.6) is 0 Å². The van der Waals surface area contributed by atoms with Gasteiger partial charge in [-0.15, -0.1) is 0 Å². The molecule has 0 aliphatic rings. The van der Waals surface area contributed by atoms with Crippen LogP contribution in [-0.4, -0.2) is 29.1 Å². The van der Waals surface area contributed by atoms with E-state index in [1.807, 2.05) is 24.7 Å². The zero-order chi connectivity index (χ0) is 14.9. The van der Waals surface area contributed by atoms with Crippen LogP contribution in [0.2, 0.25) is 0 Å². The van der Waals surface area contributed by atoms with Gasteiger partial charge in [-0.05, 0) is 44.0 Å². The summed E-state index contributed by atoms with van der Waals surface area (Å²) in [4.78, 5) is 6.48. The fraction of sp³-hybridized carbons (Fsp3) is 0.471. The molecule has 0 aliphatic heterocycles. The Morgan fingerprint density at radius 2 is 1.90 bits per heavy atom. The van der Waals surface area contributed by atoms with E-state index in [2.05, 4.69) is 35.9 Å². The number of ether oxygens (including phenoxy) is 1. The lowest BCUT2D eigenvalue weighted by Crippen LogP contribution is -2.25. The van der Waals surface area contributed by atoms with Gasteiger partial charge in [-0.25, -0.2) is 0 Å². The third-order valence-electron chi connectivity index (χ3n) is 3.21. The molecule has 0 radical (unpaired) electrons. The Morgan fingerprint density at radius 3 is 2.57 bits per heavy atom. The van der Waals surface area contributed by atoms with Crippen LogP contribution in [0.1, 0.15) is 31.4 Å². The molecular formula is C17H24N2O2. The Morgan fingerprint density at radius 1 is 1.14 bits per heavy atom. The summed E-state index contributed by atoms with van der Waals surface area (Å²) in [5, 5.41) is 0. The second kappa shape index (κ2) is 8.60. The number of aromatic nitrogens is 1. The first-order chi connectivity index (χ1) is 10.2. The lowest BCUT2D eigenvalue weighted by Gasteiger charge is -2.22. The van der Waals surface area contributed by atoms with Crippen LogP contribution in [0.25, 0.3) is 0 Å². The van der Waals surface area contributed by atoms with Gasteiger partial charge in [0.05, 0.1) is 18.6 Å². The van der Waals surface area contributed by atoms with E-state index >= 15 is 0 Å². The largest absolute Gasteiger partial charge is 0.472 e. The molecule has 4 nitrogen and oxygen atoms in total. The molecule has 0 atom stereocenters. The molecule has 2 rings (SSSR count). The number of hydrogen-bond donors (Lipinski definition) is 0. The van der Waals surface area contributed by atoms with Gasteiger partial charge in [0, 0.05) is 44.2 Å². The van der Waals surface area contributed by atoms with Crippen molar-refractivity contribution in [2.45, 2.75) is 39.5 Å². The summed E-state index contributed by atoms with van der Waals surface area (Å²) in [6.07, 6.45) is 8.54. The third kappa shape index (κ3) is 6.10. The van der Waals surface area contributed by atoms with Crippen molar-refractivity contribution in [3.05, 3.63) is 54.2 Å². The van der Waals surface area contributed by atoms with E-state index < -0.39 is 0 Å². The number of furan rings is 1. The molecule has 0 saturated carbocycles. The fourth-order valence-corrected chi connectivity index (χ4v) is 2.21. The minimum Gasteiger partial charge on any atom is -0.472 e. The molecule has 0 amide bonds. The zero-order valence-corrected chi connectivity index (χ0v) is 12.9. The Hall–Kier alpha value is -1.65. The highest BCUT2D eigenvalue weighted by Crippen LogP contribution is 2.10. The first-order valence-electron chi connectivity index (χ1n) is 7.48. The van der Waals surface area contributed by atoms with Crippen molar-refractivity contribution in [2.24, 2.45) is 0 Å². The average molecular weight is 288 g/mol. The molecule has 0 saturated heterocycles. The van der Waals surface area contributed by atoms with E-state index in [0.29, 0.717) is 6.10 Å². The van der Waals surface area contributed by atoms with Crippen molar-refractivity contribution >= 4 is 0 Å². The molecular weight excluding hydrogens is 264 g/mol. The van der Waals surface area contributed by atoms with Crippen molar-refractivity contribution in [3.8, 4) is 0 Å². The maximum absolute atomic E-state index is 5.62. The second-order valence-electron chi connectivity index (χ2n) is 5.47. The van der Waals surface area contributed by atoms with Gasteiger partial charge < -0.3 is 9.15 Å². The zero-order valence-electron chi connectivity index (χ0n) is 12.9. The van der Waals surface area contributed by atoms with Crippen molar-refractivity contribution in [3.63, 3.8) is 0 Å². The average Bonchev–Trinajstić information content (AvgIpc) is 2.97. The van der Waals surface area contributed by atoms with Crippen LogP contribution < -0.4 is 0 Å². The van der Waals surface area contributed by atoms with E-state index in [1.54, 1.807) is 6.26 Å². The number of hydrogen-bond acceptors (Lipinski definition) is 4. The SMILES string of the molecule is CC(C)OCCCN(Cc1ccncc1)Cc1ccoc1. The van der Waals surface area contributed by atoms with Crippen LogP contribution >= 0.6 is 0 Å². The molecule has 0 bridgehead atoms. The normalized spacial score (nSPS) is 11.4. The summed E-state index contributed by atoms with van der Waals surface area (Å²) in [5.74, 6) is 0. The van der Waals surface area contributed by atoms with Gasteiger partial charge in [0.25, 0.3) is 0 Å². The van der Waals surface area contributed by atoms with E-state index in [9.17, 15) is 0 Å². The third-order valence-corrected chi connectivity index (χ3v) is 3.21. The highest BCUT2D eigenvalue weighted by molar-refractivity contribution is 5.10. The molecule has 2 aromatic heterocycles. The van der Waals surface area contributed by atoms with E-state index in [4.69, 9.17) is 9.15 Å². The molecule has 0 aromatic carbocycles. The predicted octanol–water partition coefficient (Wildman–Crippen LogP) is 3.49. The maximum Gasteiger partial charge on any atom is 0.0947 e. The molecule has 0 N–H and O–H groups in total. The van der Waals surface area contributed by atoms with Crippen LogP contribution in [0, 0.1) is 0 Å². The Labute approximate surface area is 126 Å². The standard InChI is InChI=1S/C17H24N2O2/c1-15(2)21-10-3-9-19(13-17-6-11-20-14-17)12-16-4-7-18-8-5-16/h4-8,11,14-15H,3,9-10,12-13H2,1-2H3. The van der Waals surface area contributed by atoms with Crippen LogP contribution in [0.4, 0.5) is 0 Å². The summed E-state index contributed by atoms with van der Waals surface area (Å²) in [7, 11) is 0. The van der Waals surface area contributed by atoms with Crippen LogP contribution in [-0.2, 0) is 17.8 Å². The van der Waals surface area contributed by atoms with E-state index in [1.165, 1.54) is 11.1 Å². The van der Waals surface area contributed by atoms with Crippen molar-refractivity contribution < 1.29 is 9.15 Å². The molecule has 0 aliphatic carbocycles. The van der Waals surface area contributed by atoms with Gasteiger partial charge in [-0.2, -0.15) is 0 Å². The van der Waals surface area contributed by atoms with Gasteiger partial charge >= 0.3 is 0 Å². The Balaban J connectivity index is 1.87. The molecule has 0 spiro atoms. The number of nitrogens with zero attached hydrogens (tertiary/aromatic N) is 2. The van der Waals surface area contributed by atoms with Gasteiger partial charge in [0.1, 0.15) is 0 Å². The van der Waals surface area contributed by atoms with Gasteiger partial charge in [-0.1, -0.05) is 0 Å². The van der Waals surface area contributed by atoms with E-state index in [0.717, 1.165) is 32.7 Å². The Kier molecular flexibility index (Phi) is 6.44. The van der Waals surface area contributed by atoms with Gasteiger partial charge in [0.2, 0.25) is 0 Å². The summed E-state index contributed by atoms with van der Waals surface area (Å²) in [6, 6.07) is 6.14. The van der Waals surface area contributed by atoms with Crippen molar-refractivity contribution in [2.75, 3.05) is 13.2 Å². The second-order valence-corrected chi connectivity index (χ2v) is 5.47. The fourth-order valence-electron chi connectivity index (χ4n) is 2.21. The maximum atomic E-state index is 5.62. The Bertz CT molecular complexity index is 483. The lowest BCUT2D eigenvalue weighted by atomic mass is 10.2. The summed E-state index contributed by atoms with van der Waals surface area (Å²) in [5.41, 5.74) is 2.48. The minimum absolute atomic E-state index is 0.299. The first kappa shape index (κ1) is 15.7. The highest BCUT2D eigenvalue weighted by Gasteiger charge is 2.08. The predicted molar refractivity (Wildman–Crippen MR) is 82.8 cm³/mol. The molecule has 0 unspecified atom stereocenters. The number of rotatable bonds is 9. The minimum atomic E-state index is 0.299. The summed E-state index contributed by atoms with van der Waals surface area (Å²) in [6.45, 7) is 7.74. The van der Waals surface area contributed by atoms with Crippen LogP contribution in [0.15, 0.2) is 47.5 Å². The number of pyridine rings is 1. The first-order valence-corrected chi connectivity index (χ1v) is 7.48. The lowest BCUT2D eigenvalue weighted by molar-refractivity contribution is 0.0693. The molecule has 2 aromatic rings. The van der Waals surface area contributed by atoms with Crippen molar-refractivity contribution in [1.29, 1.82) is 0 Å². The van der Waals surface area contributed by atoms with Crippen LogP contribution in [0.3, 0.4) is 0 Å².